The number of aliphatic carboxylic acids is 1. The van der Waals surface area contributed by atoms with Crippen molar-refractivity contribution in [2.24, 2.45) is 0 Å². The van der Waals surface area contributed by atoms with Gasteiger partial charge in [-0.15, -0.1) is 0 Å². The molecule has 2 aromatic rings. The molecule has 4 N–H and O–H groups in total. The molecule has 32 heavy (non-hydrogen) atoms. The van der Waals surface area contributed by atoms with Crippen LogP contribution in [0, 0.1) is 0 Å². The molecule has 0 aliphatic carbocycles. The van der Waals surface area contributed by atoms with E-state index in [1.54, 1.807) is 11.8 Å². The van der Waals surface area contributed by atoms with Crippen LogP contribution in [0.2, 0.25) is 0 Å². The molecular formula is C24H31N3O3S2. The zero-order chi connectivity index (χ0) is 22.9. The van der Waals surface area contributed by atoms with Crippen molar-refractivity contribution in [1.82, 2.24) is 10.6 Å². The Hall–Kier alpha value is -2.16. The molecule has 1 fully saturated rings. The van der Waals surface area contributed by atoms with E-state index in [1.807, 2.05) is 54.8 Å². The zero-order valence-corrected chi connectivity index (χ0v) is 19.9. The van der Waals surface area contributed by atoms with Gasteiger partial charge in [-0.05, 0) is 61.1 Å². The molecule has 6 nitrogen and oxygen atoms in total. The van der Waals surface area contributed by atoms with Gasteiger partial charge in [0.05, 0.1) is 0 Å². The van der Waals surface area contributed by atoms with Gasteiger partial charge in [0.15, 0.2) is 0 Å². The highest BCUT2D eigenvalue weighted by Crippen LogP contribution is 2.21. The smallest absolute Gasteiger partial charge is 0.326 e. The molecule has 0 bridgehead atoms. The number of carbonyl (C=O) groups excluding carboxylic acids is 1. The number of hydrogen-bond acceptors (Lipinski definition) is 6. The predicted molar refractivity (Wildman–Crippen MR) is 135 cm³/mol. The van der Waals surface area contributed by atoms with E-state index in [2.05, 4.69) is 28.6 Å². The number of benzene rings is 2. The Morgan fingerprint density at radius 2 is 2.03 bits per heavy atom. The summed E-state index contributed by atoms with van der Waals surface area (Å²) in [4.78, 5) is 24.8. The van der Waals surface area contributed by atoms with Crippen LogP contribution in [0.5, 0.6) is 0 Å². The van der Waals surface area contributed by atoms with E-state index in [1.165, 1.54) is 0 Å². The van der Waals surface area contributed by atoms with Crippen LogP contribution < -0.4 is 16.0 Å². The molecular weight excluding hydrogens is 442 g/mol. The van der Waals surface area contributed by atoms with Gasteiger partial charge in [0.25, 0.3) is 5.91 Å². The lowest BCUT2D eigenvalue weighted by Crippen LogP contribution is -2.41. The number of amides is 1. The van der Waals surface area contributed by atoms with Gasteiger partial charge in [-0.2, -0.15) is 24.4 Å². The van der Waals surface area contributed by atoms with E-state index in [4.69, 9.17) is 0 Å². The lowest BCUT2D eigenvalue weighted by molar-refractivity contribution is -0.139. The number of anilines is 1. The average molecular weight is 474 g/mol. The lowest BCUT2D eigenvalue weighted by Gasteiger charge is -2.19. The summed E-state index contributed by atoms with van der Waals surface area (Å²) in [6, 6.07) is 15.0. The van der Waals surface area contributed by atoms with Gasteiger partial charge in [-0.25, -0.2) is 4.79 Å². The van der Waals surface area contributed by atoms with E-state index < -0.39 is 12.0 Å². The molecule has 0 radical (unpaired) electrons. The molecule has 1 aliphatic heterocycles. The molecule has 2 aromatic carbocycles. The van der Waals surface area contributed by atoms with Crippen molar-refractivity contribution in [2.45, 2.75) is 36.6 Å². The molecule has 172 valence electrons. The molecule has 1 aliphatic rings. The van der Waals surface area contributed by atoms with Gasteiger partial charge in [0.1, 0.15) is 6.04 Å². The number of carbonyl (C=O) groups is 2. The summed E-state index contributed by atoms with van der Waals surface area (Å²) < 4.78 is 0. The minimum absolute atomic E-state index is 0.266. The van der Waals surface area contributed by atoms with Crippen LogP contribution in [0.25, 0.3) is 0 Å². The van der Waals surface area contributed by atoms with Crippen molar-refractivity contribution < 1.29 is 14.7 Å². The van der Waals surface area contributed by atoms with Gasteiger partial charge in [-0.3, -0.25) is 4.79 Å². The summed E-state index contributed by atoms with van der Waals surface area (Å²) in [5, 5.41) is 19.4. The van der Waals surface area contributed by atoms with E-state index in [0.29, 0.717) is 36.0 Å². The van der Waals surface area contributed by atoms with Crippen LogP contribution in [-0.2, 0) is 11.2 Å². The maximum atomic E-state index is 13.2. The molecule has 0 aromatic heterocycles. The first-order chi connectivity index (χ1) is 15.5. The highest BCUT2D eigenvalue weighted by Gasteiger charge is 2.24. The fourth-order valence-electron chi connectivity index (χ4n) is 3.79. The second kappa shape index (κ2) is 12.2. The van der Waals surface area contributed by atoms with Crippen LogP contribution in [0.4, 0.5) is 5.69 Å². The average Bonchev–Trinajstić information content (AvgIpc) is 3.20. The number of carboxylic acid groups (broad SMARTS) is 1. The predicted octanol–water partition coefficient (Wildman–Crippen LogP) is 3.29. The van der Waals surface area contributed by atoms with Crippen LogP contribution >= 0.6 is 24.4 Å². The molecule has 0 saturated carbocycles. The van der Waals surface area contributed by atoms with Crippen molar-refractivity contribution in [3.8, 4) is 0 Å². The number of rotatable bonds is 11. The summed E-state index contributed by atoms with van der Waals surface area (Å²) in [5.41, 5.74) is 3.28. The number of thiol groups is 1. The topological polar surface area (TPSA) is 90.5 Å². The second-order valence-electron chi connectivity index (χ2n) is 7.98. The third kappa shape index (κ3) is 6.92. The van der Waals surface area contributed by atoms with Gasteiger partial charge >= 0.3 is 5.97 Å². The fraction of sp³-hybridized carbons (Fsp3) is 0.417. The normalized spacial score (nSPS) is 18.8. The van der Waals surface area contributed by atoms with Crippen molar-refractivity contribution in [3.63, 3.8) is 0 Å². The van der Waals surface area contributed by atoms with Gasteiger partial charge in [0.2, 0.25) is 0 Å². The highest BCUT2D eigenvalue weighted by atomic mass is 32.2. The first kappa shape index (κ1) is 24.5. The van der Waals surface area contributed by atoms with E-state index >= 15 is 0 Å². The molecule has 1 saturated heterocycles. The van der Waals surface area contributed by atoms with Crippen molar-refractivity contribution in [3.05, 3.63) is 65.2 Å². The Morgan fingerprint density at radius 1 is 1.25 bits per heavy atom. The fourth-order valence-corrected chi connectivity index (χ4v) is 4.60. The van der Waals surface area contributed by atoms with Crippen molar-refractivity contribution in [2.75, 3.05) is 30.4 Å². The number of hydrogen-bond donors (Lipinski definition) is 5. The summed E-state index contributed by atoms with van der Waals surface area (Å²) in [5.74, 6) is -0.716. The lowest BCUT2D eigenvalue weighted by atomic mass is 9.98. The summed E-state index contributed by atoms with van der Waals surface area (Å²) >= 11 is 6.18. The summed E-state index contributed by atoms with van der Waals surface area (Å²) in [6.45, 7) is 1.66. The van der Waals surface area contributed by atoms with Crippen LogP contribution in [0.3, 0.4) is 0 Å². The summed E-state index contributed by atoms with van der Waals surface area (Å²) in [7, 11) is 0. The molecule has 1 heterocycles. The molecule has 8 heteroatoms. The minimum atomic E-state index is -1.02. The standard InChI is InChI=1S/C24H31N3O3S2/c1-32-12-10-20(24(29)30)27-23(28)19-14-18(26-15-21-22(31)9-11-25-21)8-7-17(19)13-16-5-3-2-4-6-16/h2-8,14,20-22,25-26,31H,9-13,15H2,1H3,(H,27,28)(H,29,30)/t20-,21+,22+/m0/s1. The quantitative estimate of drug-likeness (QED) is 0.322. The van der Waals surface area contributed by atoms with E-state index in [-0.39, 0.29) is 11.9 Å². The first-order valence-electron chi connectivity index (χ1n) is 10.8. The molecule has 0 spiro atoms. The third-order valence-electron chi connectivity index (χ3n) is 5.64. The van der Waals surface area contributed by atoms with Crippen molar-refractivity contribution in [1.29, 1.82) is 0 Å². The van der Waals surface area contributed by atoms with Crippen LogP contribution in [0.1, 0.15) is 34.3 Å². The van der Waals surface area contributed by atoms with E-state index in [9.17, 15) is 14.7 Å². The Morgan fingerprint density at radius 3 is 2.69 bits per heavy atom. The first-order valence-corrected chi connectivity index (χ1v) is 12.7. The largest absolute Gasteiger partial charge is 0.480 e. The van der Waals surface area contributed by atoms with Crippen molar-refractivity contribution >= 4 is 42.0 Å². The molecule has 3 atom stereocenters. The maximum Gasteiger partial charge on any atom is 0.326 e. The van der Waals surface area contributed by atoms with Gasteiger partial charge in [0, 0.05) is 29.1 Å². The Kier molecular flexibility index (Phi) is 9.32. The van der Waals surface area contributed by atoms with Crippen LogP contribution in [-0.4, -0.2) is 59.4 Å². The number of nitrogens with one attached hydrogen (secondary N) is 3. The number of thioether (sulfide) groups is 1. The summed E-state index contributed by atoms with van der Waals surface area (Å²) in [6.07, 6.45) is 3.92. The Labute approximate surface area is 199 Å². The molecule has 1 amide bonds. The van der Waals surface area contributed by atoms with Gasteiger partial charge < -0.3 is 21.1 Å². The monoisotopic (exact) mass is 473 g/mol. The van der Waals surface area contributed by atoms with Crippen LogP contribution in [0.15, 0.2) is 48.5 Å². The highest BCUT2D eigenvalue weighted by molar-refractivity contribution is 7.98. The molecule has 3 rings (SSSR count). The number of carboxylic acids is 1. The Bertz CT molecular complexity index is 911. The van der Waals surface area contributed by atoms with Gasteiger partial charge in [-0.1, -0.05) is 36.4 Å². The molecule has 0 unspecified atom stereocenters. The van der Waals surface area contributed by atoms with E-state index in [0.717, 1.165) is 29.8 Å². The third-order valence-corrected chi connectivity index (χ3v) is 6.91. The second-order valence-corrected chi connectivity index (χ2v) is 9.63. The minimum Gasteiger partial charge on any atom is -0.480 e. The maximum absolute atomic E-state index is 13.2. The SMILES string of the molecule is CSCC[C@H](NC(=O)c1cc(NC[C@H]2NCC[C@H]2S)ccc1Cc1ccccc1)C(=O)O. The Balaban J connectivity index is 1.80. The zero-order valence-electron chi connectivity index (χ0n) is 18.2.